The van der Waals surface area contributed by atoms with Gasteiger partial charge in [0.05, 0.1) is 39.9 Å². The van der Waals surface area contributed by atoms with E-state index in [0.717, 1.165) is 38.5 Å². The van der Waals surface area contributed by atoms with Crippen LogP contribution in [0, 0.1) is 0 Å². The summed E-state index contributed by atoms with van der Waals surface area (Å²) in [4.78, 5) is 23.2. The van der Waals surface area contributed by atoms with Crippen molar-refractivity contribution in [1.82, 2.24) is 5.32 Å². The number of rotatable bonds is 43. The first-order chi connectivity index (χ1) is 28.0. The summed E-state index contributed by atoms with van der Waals surface area (Å²) in [5.41, 5.74) is 0. The maximum atomic E-state index is 12.9. The van der Waals surface area contributed by atoms with Gasteiger partial charge in [0, 0.05) is 6.42 Å². The van der Waals surface area contributed by atoms with Gasteiger partial charge in [-0.25, -0.2) is 4.57 Å². The maximum Gasteiger partial charge on any atom is 0.472 e. The number of hydrogen-bond donors (Lipinski definition) is 3. The Hall–Kier alpha value is -1.54. The van der Waals surface area contributed by atoms with Crippen LogP contribution in [0.3, 0.4) is 0 Å². The van der Waals surface area contributed by atoms with Gasteiger partial charge in [-0.05, 0) is 57.8 Å². The number of nitrogens with zero attached hydrogens (tertiary/aromatic N) is 1. The molecule has 0 bridgehead atoms. The highest BCUT2D eigenvalue weighted by Crippen LogP contribution is 2.43. The summed E-state index contributed by atoms with van der Waals surface area (Å²) in [5.74, 6) is -0.192. The van der Waals surface area contributed by atoms with Gasteiger partial charge >= 0.3 is 7.82 Å². The van der Waals surface area contributed by atoms with Gasteiger partial charge in [-0.2, -0.15) is 0 Å². The Kier molecular flexibility index (Phi) is 39.8. The van der Waals surface area contributed by atoms with Crippen molar-refractivity contribution in [2.45, 2.75) is 219 Å². The van der Waals surface area contributed by atoms with Crippen LogP contribution in [0.15, 0.2) is 48.6 Å². The molecule has 3 N–H and O–H groups in total. The minimum absolute atomic E-state index is 0.0545. The van der Waals surface area contributed by atoms with Crippen molar-refractivity contribution in [2.24, 2.45) is 0 Å². The van der Waals surface area contributed by atoms with Gasteiger partial charge in [0.15, 0.2) is 0 Å². The van der Waals surface area contributed by atoms with Gasteiger partial charge in [0.2, 0.25) is 5.91 Å². The number of carbonyl (C=O) groups excluding carboxylic acids is 1. The highest BCUT2D eigenvalue weighted by atomic mass is 31.2. The van der Waals surface area contributed by atoms with E-state index in [2.05, 4.69) is 55.6 Å². The molecule has 58 heavy (non-hydrogen) atoms. The smallest absolute Gasteiger partial charge is 0.387 e. The second-order valence-corrected chi connectivity index (χ2v) is 19.0. The van der Waals surface area contributed by atoms with Gasteiger partial charge in [0.25, 0.3) is 0 Å². The molecule has 0 fully saturated rings. The summed E-state index contributed by atoms with van der Waals surface area (Å²) in [6, 6.07) is -0.865. The van der Waals surface area contributed by atoms with E-state index in [1.54, 1.807) is 6.08 Å². The predicted octanol–water partition coefficient (Wildman–Crippen LogP) is 13.6. The molecular weight excluding hydrogens is 744 g/mol. The van der Waals surface area contributed by atoms with Crippen LogP contribution in [0.2, 0.25) is 0 Å². The van der Waals surface area contributed by atoms with E-state index in [1.165, 1.54) is 148 Å². The van der Waals surface area contributed by atoms with E-state index >= 15 is 0 Å². The van der Waals surface area contributed by atoms with Gasteiger partial charge in [-0.1, -0.05) is 191 Å². The van der Waals surface area contributed by atoms with Crippen LogP contribution in [0.1, 0.15) is 206 Å². The molecular formula is C49H94N2O6P+. The van der Waals surface area contributed by atoms with E-state index in [-0.39, 0.29) is 19.1 Å². The molecule has 0 radical (unpaired) electrons. The van der Waals surface area contributed by atoms with Crippen LogP contribution in [0.25, 0.3) is 0 Å². The van der Waals surface area contributed by atoms with Crippen molar-refractivity contribution in [3.63, 3.8) is 0 Å². The van der Waals surface area contributed by atoms with Crippen molar-refractivity contribution in [1.29, 1.82) is 0 Å². The van der Waals surface area contributed by atoms with Crippen molar-refractivity contribution < 1.29 is 32.9 Å². The number of nitrogens with one attached hydrogen (secondary N) is 1. The molecule has 8 nitrogen and oxygen atoms in total. The molecule has 0 heterocycles. The van der Waals surface area contributed by atoms with Gasteiger partial charge in [-0.3, -0.25) is 13.8 Å². The first kappa shape index (κ1) is 56.5. The second-order valence-electron chi connectivity index (χ2n) is 17.5. The minimum Gasteiger partial charge on any atom is -0.387 e. The second kappa shape index (κ2) is 40.8. The van der Waals surface area contributed by atoms with E-state index in [4.69, 9.17) is 9.05 Å². The molecule has 0 spiro atoms. The van der Waals surface area contributed by atoms with E-state index in [1.807, 2.05) is 27.2 Å². The third-order valence-corrected chi connectivity index (χ3v) is 11.5. The third kappa shape index (κ3) is 42.6. The number of carbonyl (C=O) groups is 1. The molecule has 0 aromatic carbocycles. The van der Waals surface area contributed by atoms with Crippen LogP contribution >= 0.6 is 7.82 Å². The van der Waals surface area contributed by atoms with Crippen molar-refractivity contribution in [3.05, 3.63) is 48.6 Å². The number of likely N-dealkylation sites (N-methyl/N-ethyl adjacent to an activating group) is 1. The Morgan fingerprint density at radius 2 is 1.00 bits per heavy atom. The Labute approximate surface area is 359 Å². The van der Waals surface area contributed by atoms with Crippen LogP contribution in [-0.4, -0.2) is 73.4 Å². The highest BCUT2D eigenvalue weighted by molar-refractivity contribution is 7.47. The fraction of sp³-hybridized carbons (Fsp3) is 0.816. The largest absolute Gasteiger partial charge is 0.472 e. The molecule has 0 aliphatic heterocycles. The molecule has 0 aliphatic rings. The number of quaternary nitrogens is 1. The zero-order chi connectivity index (χ0) is 42.8. The number of phosphoric ester groups is 1. The fourth-order valence-corrected chi connectivity index (χ4v) is 7.43. The summed E-state index contributed by atoms with van der Waals surface area (Å²) in [7, 11) is 1.55. The van der Waals surface area contributed by atoms with Crippen molar-refractivity contribution >= 4 is 13.7 Å². The first-order valence-electron chi connectivity index (χ1n) is 24.0. The highest BCUT2D eigenvalue weighted by Gasteiger charge is 2.27. The van der Waals surface area contributed by atoms with Crippen LogP contribution in [-0.2, 0) is 18.4 Å². The lowest BCUT2D eigenvalue weighted by Crippen LogP contribution is -2.45. The average molecular weight is 838 g/mol. The molecule has 0 aliphatic carbocycles. The molecule has 340 valence electrons. The molecule has 1 amide bonds. The molecule has 3 atom stereocenters. The summed E-state index contributed by atoms with van der Waals surface area (Å²) >= 11 is 0. The van der Waals surface area contributed by atoms with Crippen molar-refractivity contribution in [3.8, 4) is 0 Å². The minimum atomic E-state index is -4.35. The zero-order valence-electron chi connectivity index (χ0n) is 38.5. The van der Waals surface area contributed by atoms with E-state index in [9.17, 15) is 19.4 Å². The Morgan fingerprint density at radius 3 is 1.52 bits per heavy atom. The van der Waals surface area contributed by atoms with E-state index in [0.29, 0.717) is 17.4 Å². The van der Waals surface area contributed by atoms with Crippen LogP contribution in [0.5, 0.6) is 0 Å². The normalized spacial score (nSPS) is 14.7. The Bertz CT molecular complexity index is 1090. The Morgan fingerprint density at radius 1 is 0.586 bits per heavy atom. The molecule has 0 aromatic heterocycles. The molecule has 0 rings (SSSR count). The van der Waals surface area contributed by atoms with E-state index < -0.39 is 20.0 Å². The lowest BCUT2D eigenvalue weighted by molar-refractivity contribution is -0.870. The fourth-order valence-electron chi connectivity index (χ4n) is 6.69. The zero-order valence-corrected chi connectivity index (χ0v) is 39.4. The first-order valence-corrected chi connectivity index (χ1v) is 25.5. The number of allylic oxidation sites excluding steroid dienone is 7. The van der Waals surface area contributed by atoms with Crippen LogP contribution in [0.4, 0.5) is 0 Å². The predicted molar refractivity (Wildman–Crippen MR) is 249 cm³/mol. The molecule has 0 saturated heterocycles. The van der Waals surface area contributed by atoms with Crippen molar-refractivity contribution in [2.75, 3.05) is 40.9 Å². The standard InChI is InChI=1S/C49H93N2O6P/c1-6-8-10-12-14-16-18-20-22-24-25-27-29-31-33-35-37-39-41-43-49(53)50-47(46-57-58(54,55)56-45-44-51(3,4)5)48(52)42-40-38-36-34-32-30-28-26-23-21-19-17-15-13-11-9-7-2/h14,16,18,20,32,34,40,42,47-48,52H,6-13,15,17,19,21-31,33,35-39,41,43-46H2,1-5H3,(H-,50,53,54,55)/p+1/b16-14-,20-18-,34-32+,42-40+. The average Bonchev–Trinajstić information content (AvgIpc) is 3.17. The third-order valence-electron chi connectivity index (χ3n) is 10.5. The topological polar surface area (TPSA) is 105 Å². The molecule has 3 unspecified atom stereocenters. The monoisotopic (exact) mass is 838 g/mol. The summed E-state index contributed by atoms with van der Waals surface area (Å²) in [6.07, 6.45) is 51.8. The Balaban J connectivity index is 4.41. The molecule has 0 aromatic rings. The quantitative estimate of drug-likeness (QED) is 0.0186. The number of phosphoric acid groups is 1. The number of aliphatic hydroxyl groups excluding tert-OH is 1. The summed E-state index contributed by atoms with van der Waals surface area (Å²) < 4.78 is 23.6. The van der Waals surface area contributed by atoms with Gasteiger partial charge in [0.1, 0.15) is 13.2 Å². The van der Waals surface area contributed by atoms with Crippen LogP contribution < -0.4 is 5.32 Å². The number of unbranched alkanes of at least 4 members (excludes halogenated alkanes) is 25. The maximum absolute atomic E-state index is 12.9. The lowest BCUT2D eigenvalue weighted by Gasteiger charge is -2.25. The lowest BCUT2D eigenvalue weighted by atomic mass is 10.0. The van der Waals surface area contributed by atoms with Gasteiger partial charge < -0.3 is 19.8 Å². The summed E-state index contributed by atoms with van der Waals surface area (Å²) in [6.45, 7) is 4.76. The number of hydrogen-bond acceptors (Lipinski definition) is 5. The summed E-state index contributed by atoms with van der Waals surface area (Å²) in [5, 5.41) is 13.8. The number of amides is 1. The molecule has 9 heteroatoms. The van der Waals surface area contributed by atoms with Gasteiger partial charge in [-0.15, -0.1) is 0 Å². The SMILES string of the molecule is CCCCC/C=C\C=C/CCCCCCCCCCCCC(=O)NC(COP(=O)(O)OCC[N+](C)(C)C)C(O)/C=C/CC/C=C/CCCCCCCCCCCCC. The molecule has 0 saturated carbocycles. The number of aliphatic hydroxyl groups is 1.